The minimum atomic E-state index is 0.874. The van der Waals surface area contributed by atoms with Gasteiger partial charge in [0, 0.05) is 17.1 Å². The summed E-state index contributed by atoms with van der Waals surface area (Å²) in [6.45, 7) is 10.4. The molecule has 0 atom stereocenters. The van der Waals surface area contributed by atoms with Gasteiger partial charge in [-0.05, 0) is 75.1 Å². The average molecular weight is 291 g/mol. The Bertz CT molecular complexity index is 845. The number of hydrogen-bond acceptors (Lipinski definition) is 2. The normalized spacial score (nSPS) is 11.0. The first-order chi connectivity index (χ1) is 10.4. The summed E-state index contributed by atoms with van der Waals surface area (Å²) >= 11 is 0. The Hall–Kier alpha value is -2.35. The molecule has 2 aromatic carbocycles. The highest BCUT2D eigenvalue weighted by atomic mass is 16.5. The first-order valence-electron chi connectivity index (χ1n) is 7.57. The van der Waals surface area contributed by atoms with Crippen LogP contribution in [-0.2, 0) is 0 Å². The van der Waals surface area contributed by atoms with Crippen LogP contribution in [0, 0.1) is 34.6 Å². The fraction of sp³-hybridized carbons (Fsp3) is 0.250. The summed E-state index contributed by atoms with van der Waals surface area (Å²) in [5.74, 6) is 1.75. The van der Waals surface area contributed by atoms with Crippen LogP contribution in [-0.4, -0.2) is 4.98 Å². The van der Waals surface area contributed by atoms with E-state index < -0.39 is 0 Å². The van der Waals surface area contributed by atoms with Crippen molar-refractivity contribution in [3.05, 3.63) is 64.3 Å². The second-order valence-corrected chi connectivity index (χ2v) is 6.17. The van der Waals surface area contributed by atoms with Crippen molar-refractivity contribution in [3.63, 3.8) is 0 Å². The Labute approximate surface area is 131 Å². The van der Waals surface area contributed by atoms with Crippen molar-refractivity contribution >= 4 is 10.9 Å². The topological polar surface area (TPSA) is 22.1 Å². The Morgan fingerprint density at radius 1 is 0.727 bits per heavy atom. The predicted octanol–water partition coefficient (Wildman–Crippen LogP) is 5.57. The van der Waals surface area contributed by atoms with Gasteiger partial charge in [-0.3, -0.25) is 4.98 Å². The first-order valence-corrected chi connectivity index (χ1v) is 7.57. The number of aromatic nitrogens is 1. The van der Waals surface area contributed by atoms with E-state index in [1.54, 1.807) is 0 Å². The monoisotopic (exact) mass is 291 g/mol. The van der Waals surface area contributed by atoms with Gasteiger partial charge in [-0.25, -0.2) is 0 Å². The standard InChI is InChI=1S/C20H21NO/c1-12-6-13(2)9-17(8-12)22-19-11-16(5)21-20-15(4)7-14(3)10-18(19)20/h6-11H,1-5H3. The van der Waals surface area contributed by atoms with Crippen LogP contribution in [0.4, 0.5) is 0 Å². The van der Waals surface area contributed by atoms with Gasteiger partial charge in [0.25, 0.3) is 0 Å². The summed E-state index contributed by atoms with van der Waals surface area (Å²) in [5, 5.41) is 1.07. The number of aryl methyl sites for hydroxylation is 5. The number of ether oxygens (including phenoxy) is 1. The molecule has 112 valence electrons. The smallest absolute Gasteiger partial charge is 0.138 e. The van der Waals surface area contributed by atoms with E-state index >= 15 is 0 Å². The van der Waals surface area contributed by atoms with Crippen molar-refractivity contribution < 1.29 is 4.74 Å². The summed E-state index contributed by atoms with van der Waals surface area (Å²) in [6, 6.07) is 12.6. The maximum absolute atomic E-state index is 6.20. The average Bonchev–Trinajstić information content (AvgIpc) is 2.39. The lowest BCUT2D eigenvalue weighted by Gasteiger charge is -2.13. The van der Waals surface area contributed by atoms with Crippen molar-refractivity contribution in [1.82, 2.24) is 4.98 Å². The Kier molecular flexibility index (Phi) is 3.61. The highest BCUT2D eigenvalue weighted by molar-refractivity contribution is 5.88. The minimum Gasteiger partial charge on any atom is -0.457 e. The van der Waals surface area contributed by atoms with Gasteiger partial charge in [-0.2, -0.15) is 0 Å². The molecule has 0 spiro atoms. The summed E-state index contributed by atoms with van der Waals surface area (Å²) in [5.41, 5.74) is 6.81. The summed E-state index contributed by atoms with van der Waals surface area (Å²) in [6.07, 6.45) is 0. The van der Waals surface area contributed by atoms with Crippen LogP contribution in [0.5, 0.6) is 11.5 Å². The van der Waals surface area contributed by atoms with Crippen molar-refractivity contribution in [1.29, 1.82) is 0 Å². The molecule has 0 saturated heterocycles. The highest BCUT2D eigenvalue weighted by Gasteiger charge is 2.10. The fourth-order valence-corrected chi connectivity index (χ4v) is 2.98. The molecule has 0 aliphatic rings. The van der Waals surface area contributed by atoms with Crippen LogP contribution in [0.1, 0.15) is 27.9 Å². The van der Waals surface area contributed by atoms with Crippen molar-refractivity contribution in [3.8, 4) is 11.5 Å². The zero-order valence-electron chi connectivity index (χ0n) is 13.8. The molecular weight excluding hydrogens is 270 g/mol. The maximum atomic E-state index is 6.20. The maximum Gasteiger partial charge on any atom is 0.138 e. The Morgan fingerprint density at radius 2 is 1.36 bits per heavy atom. The molecular formula is C20H21NO. The van der Waals surface area contributed by atoms with Gasteiger partial charge in [-0.1, -0.05) is 12.1 Å². The van der Waals surface area contributed by atoms with Crippen molar-refractivity contribution in [2.24, 2.45) is 0 Å². The van der Waals surface area contributed by atoms with Gasteiger partial charge in [0.1, 0.15) is 11.5 Å². The van der Waals surface area contributed by atoms with E-state index in [4.69, 9.17) is 4.74 Å². The molecule has 1 heterocycles. The van der Waals surface area contributed by atoms with Gasteiger partial charge < -0.3 is 4.74 Å². The van der Waals surface area contributed by atoms with E-state index in [2.05, 4.69) is 63.0 Å². The molecule has 0 unspecified atom stereocenters. The van der Waals surface area contributed by atoms with E-state index in [-0.39, 0.29) is 0 Å². The lowest BCUT2D eigenvalue weighted by molar-refractivity contribution is 0.486. The Balaban J connectivity index is 2.17. The molecule has 0 aliphatic carbocycles. The molecule has 0 bridgehead atoms. The van der Waals surface area contributed by atoms with Gasteiger partial charge in [0.2, 0.25) is 0 Å². The van der Waals surface area contributed by atoms with E-state index in [9.17, 15) is 0 Å². The molecule has 0 fully saturated rings. The largest absolute Gasteiger partial charge is 0.457 e. The van der Waals surface area contributed by atoms with Gasteiger partial charge >= 0.3 is 0 Å². The number of hydrogen-bond donors (Lipinski definition) is 0. The SMILES string of the molecule is Cc1cc(C)cc(Oc2cc(C)nc3c(C)cc(C)cc23)c1. The van der Waals surface area contributed by atoms with Crippen molar-refractivity contribution in [2.75, 3.05) is 0 Å². The predicted molar refractivity (Wildman–Crippen MR) is 91.9 cm³/mol. The molecule has 3 rings (SSSR count). The molecule has 3 aromatic rings. The number of rotatable bonds is 2. The number of nitrogens with zero attached hydrogens (tertiary/aromatic N) is 1. The first kappa shape index (κ1) is 14.6. The van der Waals surface area contributed by atoms with Crippen LogP contribution in [0.2, 0.25) is 0 Å². The number of benzene rings is 2. The van der Waals surface area contributed by atoms with Gasteiger partial charge in [0.15, 0.2) is 0 Å². The van der Waals surface area contributed by atoms with Crippen LogP contribution >= 0.6 is 0 Å². The third kappa shape index (κ3) is 2.82. The Morgan fingerprint density at radius 3 is 2.05 bits per heavy atom. The molecule has 1 aromatic heterocycles. The summed E-state index contributed by atoms with van der Waals surface area (Å²) in [7, 11) is 0. The third-order valence-corrected chi connectivity index (χ3v) is 3.76. The van der Waals surface area contributed by atoms with E-state index in [0.29, 0.717) is 0 Å². The van der Waals surface area contributed by atoms with E-state index in [0.717, 1.165) is 28.1 Å². The molecule has 0 radical (unpaired) electrons. The minimum absolute atomic E-state index is 0.874. The zero-order valence-corrected chi connectivity index (χ0v) is 13.8. The van der Waals surface area contributed by atoms with Gasteiger partial charge in [-0.15, -0.1) is 0 Å². The number of fused-ring (bicyclic) bond motifs is 1. The molecule has 0 aliphatic heterocycles. The number of pyridine rings is 1. The lowest BCUT2D eigenvalue weighted by Crippen LogP contribution is -1.94. The van der Waals surface area contributed by atoms with E-state index in [1.807, 2.05) is 13.0 Å². The summed E-state index contributed by atoms with van der Waals surface area (Å²) < 4.78 is 6.20. The van der Waals surface area contributed by atoms with Crippen LogP contribution in [0.3, 0.4) is 0 Å². The zero-order chi connectivity index (χ0) is 15.9. The lowest BCUT2D eigenvalue weighted by atomic mass is 10.1. The van der Waals surface area contributed by atoms with Crippen molar-refractivity contribution in [2.45, 2.75) is 34.6 Å². The molecule has 2 nitrogen and oxygen atoms in total. The van der Waals surface area contributed by atoms with Crippen LogP contribution < -0.4 is 4.74 Å². The second kappa shape index (κ2) is 5.45. The fourth-order valence-electron chi connectivity index (χ4n) is 2.98. The van der Waals surface area contributed by atoms with Crippen LogP contribution in [0.15, 0.2) is 36.4 Å². The molecule has 2 heteroatoms. The third-order valence-electron chi connectivity index (χ3n) is 3.76. The molecule has 0 amide bonds. The molecule has 0 N–H and O–H groups in total. The summed E-state index contributed by atoms with van der Waals surface area (Å²) in [4.78, 5) is 4.67. The highest BCUT2D eigenvalue weighted by Crippen LogP contribution is 2.32. The van der Waals surface area contributed by atoms with Crippen LogP contribution in [0.25, 0.3) is 10.9 Å². The second-order valence-electron chi connectivity index (χ2n) is 6.17. The van der Waals surface area contributed by atoms with E-state index in [1.165, 1.54) is 22.3 Å². The molecule has 0 saturated carbocycles. The quantitative estimate of drug-likeness (QED) is 0.616. The van der Waals surface area contributed by atoms with Gasteiger partial charge in [0.05, 0.1) is 5.52 Å². The molecule has 22 heavy (non-hydrogen) atoms.